The van der Waals surface area contributed by atoms with Crippen LogP contribution in [0.15, 0.2) is 28.7 Å². The van der Waals surface area contributed by atoms with E-state index in [1.54, 1.807) is 0 Å². The van der Waals surface area contributed by atoms with Gasteiger partial charge in [0.2, 0.25) is 0 Å². The van der Waals surface area contributed by atoms with E-state index in [1.165, 1.54) is 31.5 Å². The fourth-order valence-corrected chi connectivity index (χ4v) is 2.99. The van der Waals surface area contributed by atoms with Gasteiger partial charge in [0.15, 0.2) is 0 Å². The molecular formula is C15H23BrN2. The molecule has 18 heavy (non-hydrogen) atoms. The van der Waals surface area contributed by atoms with Gasteiger partial charge in [0, 0.05) is 23.1 Å². The predicted molar refractivity (Wildman–Crippen MR) is 80.8 cm³/mol. The smallest absolute Gasteiger partial charge is 0.0292 e. The zero-order chi connectivity index (χ0) is 13.0. The predicted octanol–water partition coefficient (Wildman–Crippen LogP) is 3.58. The molecule has 0 aliphatic carbocycles. The minimum atomic E-state index is 0.428. The Morgan fingerprint density at radius 1 is 1.39 bits per heavy atom. The first-order chi connectivity index (χ1) is 8.70. The van der Waals surface area contributed by atoms with Crippen molar-refractivity contribution in [1.29, 1.82) is 0 Å². The lowest BCUT2D eigenvalue weighted by Gasteiger charge is -2.25. The van der Waals surface area contributed by atoms with Gasteiger partial charge in [-0.05, 0) is 50.6 Å². The van der Waals surface area contributed by atoms with E-state index in [-0.39, 0.29) is 0 Å². The highest BCUT2D eigenvalue weighted by Gasteiger charge is 2.22. The Morgan fingerprint density at radius 3 is 2.78 bits per heavy atom. The first kappa shape index (κ1) is 14.0. The van der Waals surface area contributed by atoms with Crippen LogP contribution in [0.2, 0.25) is 0 Å². The standard InChI is InChI=1S/C15H23BrN2/c1-3-18-10-4-5-15(18)11-17-12(2)13-6-8-14(16)9-7-13/h6-9,12,15,17H,3-5,10-11H2,1-2H3. The summed E-state index contributed by atoms with van der Waals surface area (Å²) in [6.45, 7) is 8.06. The van der Waals surface area contributed by atoms with Gasteiger partial charge in [-0.3, -0.25) is 4.90 Å². The molecular weight excluding hydrogens is 288 g/mol. The van der Waals surface area contributed by atoms with Crippen LogP contribution in [-0.2, 0) is 0 Å². The number of nitrogens with zero attached hydrogens (tertiary/aromatic N) is 1. The number of halogens is 1. The minimum Gasteiger partial charge on any atom is -0.309 e. The summed E-state index contributed by atoms with van der Waals surface area (Å²) in [5.74, 6) is 0. The molecule has 1 fully saturated rings. The number of rotatable bonds is 5. The zero-order valence-corrected chi connectivity index (χ0v) is 12.9. The van der Waals surface area contributed by atoms with Crippen LogP contribution in [0.4, 0.5) is 0 Å². The van der Waals surface area contributed by atoms with E-state index in [9.17, 15) is 0 Å². The first-order valence-electron chi connectivity index (χ1n) is 6.93. The van der Waals surface area contributed by atoms with Gasteiger partial charge in [-0.25, -0.2) is 0 Å². The lowest BCUT2D eigenvalue weighted by molar-refractivity contribution is 0.255. The molecule has 0 amide bonds. The Kier molecular flexibility index (Phi) is 5.22. The molecule has 0 saturated carbocycles. The van der Waals surface area contributed by atoms with Crippen LogP contribution in [0.3, 0.4) is 0 Å². The summed E-state index contributed by atoms with van der Waals surface area (Å²) in [6.07, 6.45) is 2.70. The van der Waals surface area contributed by atoms with Gasteiger partial charge in [-0.2, -0.15) is 0 Å². The van der Waals surface area contributed by atoms with Crippen molar-refractivity contribution in [2.45, 2.75) is 38.8 Å². The Balaban J connectivity index is 1.84. The lowest BCUT2D eigenvalue weighted by Crippen LogP contribution is -2.38. The maximum absolute atomic E-state index is 3.67. The van der Waals surface area contributed by atoms with Gasteiger partial charge in [-0.1, -0.05) is 35.0 Å². The number of hydrogen-bond acceptors (Lipinski definition) is 2. The molecule has 0 bridgehead atoms. The average molecular weight is 311 g/mol. The average Bonchev–Trinajstić information content (AvgIpc) is 2.84. The van der Waals surface area contributed by atoms with Crippen LogP contribution >= 0.6 is 15.9 Å². The van der Waals surface area contributed by atoms with Gasteiger partial charge in [0.25, 0.3) is 0 Å². The molecule has 1 saturated heterocycles. The summed E-state index contributed by atoms with van der Waals surface area (Å²) in [4.78, 5) is 2.58. The molecule has 100 valence electrons. The maximum Gasteiger partial charge on any atom is 0.0292 e. The number of hydrogen-bond donors (Lipinski definition) is 1. The number of likely N-dealkylation sites (tertiary alicyclic amines) is 1. The maximum atomic E-state index is 3.67. The fraction of sp³-hybridized carbons (Fsp3) is 0.600. The summed E-state index contributed by atoms with van der Waals surface area (Å²) in [7, 11) is 0. The van der Waals surface area contributed by atoms with Gasteiger partial charge < -0.3 is 5.32 Å². The highest BCUT2D eigenvalue weighted by atomic mass is 79.9. The summed E-state index contributed by atoms with van der Waals surface area (Å²) in [5, 5.41) is 3.67. The van der Waals surface area contributed by atoms with Crippen LogP contribution < -0.4 is 5.32 Å². The van der Waals surface area contributed by atoms with Crippen LogP contribution in [-0.4, -0.2) is 30.6 Å². The molecule has 1 aromatic rings. The van der Waals surface area contributed by atoms with Crippen molar-refractivity contribution in [2.24, 2.45) is 0 Å². The monoisotopic (exact) mass is 310 g/mol. The number of nitrogens with one attached hydrogen (secondary N) is 1. The van der Waals surface area contributed by atoms with Gasteiger partial charge in [-0.15, -0.1) is 0 Å². The largest absolute Gasteiger partial charge is 0.309 e. The summed E-state index contributed by atoms with van der Waals surface area (Å²) < 4.78 is 1.14. The van der Waals surface area contributed by atoms with Crippen molar-refractivity contribution in [1.82, 2.24) is 10.2 Å². The molecule has 2 nitrogen and oxygen atoms in total. The van der Waals surface area contributed by atoms with Gasteiger partial charge in [0.1, 0.15) is 0 Å². The zero-order valence-electron chi connectivity index (χ0n) is 11.3. The minimum absolute atomic E-state index is 0.428. The molecule has 2 atom stereocenters. The van der Waals surface area contributed by atoms with Crippen LogP contribution in [0.25, 0.3) is 0 Å². The van der Waals surface area contributed by atoms with E-state index < -0.39 is 0 Å². The van der Waals surface area contributed by atoms with Crippen molar-refractivity contribution in [2.75, 3.05) is 19.6 Å². The van der Waals surface area contributed by atoms with Crippen molar-refractivity contribution < 1.29 is 0 Å². The molecule has 2 unspecified atom stereocenters. The Morgan fingerprint density at radius 2 is 2.11 bits per heavy atom. The molecule has 1 aliphatic heterocycles. The quantitative estimate of drug-likeness (QED) is 0.894. The molecule has 1 N–H and O–H groups in total. The van der Waals surface area contributed by atoms with E-state index in [2.05, 4.69) is 64.3 Å². The summed E-state index contributed by atoms with van der Waals surface area (Å²) in [5.41, 5.74) is 1.36. The van der Waals surface area contributed by atoms with E-state index in [1.807, 2.05) is 0 Å². The molecule has 1 aliphatic rings. The third kappa shape index (κ3) is 3.56. The SMILES string of the molecule is CCN1CCCC1CNC(C)c1ccc(Br)cc1. The second kappa shape index (κ2) is 6.69. The third-order valence-corrected chi connectivity index (χ3v) is 4.46. The Bertz CT molecular complexity index is 363. The highest BCUT2D eigenvalue weighted by Crippen LogP contribution is 2.19. The number of likely N-dealkylation sites (N-methyl/N-ethyl adjacent to an activating group) is 1. The number of benzene rings is 1. The molecule has 1 aromatic carbocycles. The van der Waals surface area contributed by atoms with Crippen molar-refractivity contribution in [3.63, 3.8) is 0 Å². The van der Waals surface area contributed by atoms with Crippen LogP contribution in [0, 0.1) is 0 Å². The molecule has 3 heteroatoms. The third-order valence-electron chi connectivity index (χ3n) is 3.93. The van der Waals surface area contributed by atoms with Crippen molar-refractivity contribution >= 4 is 15.9 Å². The summed E-state index contributed by atoms with van der Waals surface area (Å²) in [6, 6.07) is 9.76. The molecule has 0 spiro atoms. The first-order valence-corrected chi connectivity index (χ1v) is 7.73. The van der Waals surface area contributed by atoms with Crippen LogP contribution in [0.5, 0.6) is 0 Å². The van der Waals surface area contributed by atoms with Gasteiger partial charge >= 0.3 is 0 Å². The molecule has 2 rings (SSSR count). The van der Waals surface area contributed by atoms with E-state index in [0.29, 0.717) is 6.04 Å². The van der Waals surface area contributed by atoms with Crippen molar-refractivity contribution in [3.05, 3.63) is 34.3 Å². The molecule has 1 heterocycles. The van der Waals surface area contributed by atoms with E-state index in [0.717, 1.165) is 17.1 Å². The molecule has 0 radical (unpaired) electrons. The second-order valence-electron chi connectivity index (χ2n) is 5.11. The van der Waals surface area contributed by atoms with E-state index in [4.69, 9.17) is 0 Å². The van der Waals surface area contributed by atoms with E-state index >= 15 is 0 Å². The lowest BCUT2D eigenvalue weighted by atomic mass is 10.1. The highest BCUT2D eigenvalue weighted by molar-refractivity contribution is 9.10. The summed E-state index contributed by atoms with van der Waals surface area (Å²) >= 11 is 3.48. The molecule has 0 aromatic heterocycles. The second-order valence-corrected chi connectivity index (χ2v) is 6.02. The normalized spacial score (nSPS) is 22.3. The van der Waals surface area contributed by atoms with Crippen LogP contribution in [0.1, 0.15) is 38.3 Å². The topological polar surface area (TPSA) is 15.3 Å². The van der Waals surface area contributed by atoms with Gasteiger partial charge in [0.05, 0.1) is 0 Å². The fourth-order valence-electron chi connectivity index (χ4n) is 2.72. The Hall–Kier alpha value is -0.380. The van der Waals surface area contributed by atoms with Crippen molar-refractivity contribution in [3.8, 4) is 0 Å². The Labute approximate surface area is 119 Å².